The Morgan fingerprint density at radius 2 is 1.82 bits per heavy atom. The van der Waals surface area contributed by atoms with Crippen LogP contribution in [-0.2, 0) is 16.0 Å². The molecule has 1 heterocycles. The summed E-state index contributed by atoms with van der Waals surface area (Å²) in [5, 5.41) is 3.36. The summed E-state index contributed by atoms with van der Waals surface area (Å²) in [6.45, 7) is 11.0. The van der Waals surface area contributed by atoms with Gasteiger partial charge in [-0.25, -0.2) is 0 Å². The van der Waals surface area contributed by atoms with Crippen molar-refractivity contribution in [1.29, 1.82) is 0 Å². The highest BCUT2D eigenvalue weighted by Gasteiger charge is 2.09. The van der Waals surface area contributed by atoms with E-state index in [1.165, 1.54) is 11.3 Å². The number of rotatable bonds is 4. The highest BCUT2D eigenvalue weighted by atomic mass is 16.5. The fraction of sp³-hybridized carbons (Fsp3) is 0.588. The second-order valence-corrected chi connectivity index (χ2v) is 6.27. The van der Waals surface area contributed by atoms with Crippen molar-refractivity contribution in [2.24, 2.45) is 5.73 Å². The summed E-state index contributed by atoms with van der Waals surface area (Å²) in [7, 11) is 0. The molecule has 5 nitrogen and oxygen atoms in total. The SMILES string of the molecule is CC(C)(C)OC=O.NCCc1ccc(N2CCNCC2)cc1. The summed E-state index contributed by atoms with van der Waals surface area (Å²) in [5.41, 5.74) is 7.87. The van der Waals surface area contributed by atoms with E-state index in [9.17, 15) is 4.79 Å². The maximum absolute atomic E-state index is 9.60. The molecule has 0 atom stereocenters. The lowest BCUT2D eigenvalue weighted by Gasteiger charge is -2.29. The van der Waals surface area contributed by atoms with Gasteiger partial charge in [-0.3, -0.25) is 4.79 Å². The molecule has 3 N–H and O–H groups in total. The number of anilines is 1. The predicted octanol–water partition coefficient (Wildman–Crippen LogP) is 1.56. The Hall–Kier alpha value is -1.59. The van der Waals surface area contributed by atoms with Crippen molar-refractivity contribution in [2.75, 3.05) is 37.6 Å². The maximum atomic E-state index is 9.60. The quantitative estimate of drug-likeness (QED) is 0.826. The normalized spacial score (nSPS) is 14.8. The number of carbonyl (C=O) groups excluding carboxylic acids is 1. The average molecular weight is 307 g/mol. The first-order chi connectivity index (χ1) is 10.5. The van der Waals surface area contributed by atoms with Crippen LogP contribution in [0.2, 0.25) is 0 Å². The Bertz CT molecular complexity index is 421. The Morgan fingerprint density at radius 3 is 2.23 bits per heavy atom. The van der Waals surface area contributed by atoms with Gasteiger partial charge in [0.25, 0.3) is 6.47 Å². The summed E-state index contributed by atoms with van der Waals surface area (Å²) in [6, 6.07) is 8.78. The first-order valence-electron chi connectivity index (χ1n) is 7.82. The Balaban J connectivity index is 0.000000295. The smallest absolute Gasteiger partial charge is 0.293 e. The molecule has 1 aromatic rings. The number of carbonyl (C=O) groups is 1. The third kappa shape index (κ3) is 7.43. The molecule has 0 unspecified atom stereocenters. The van der Waals surface area contributed by atoms with E-state index in [1.807, 2.05) is 20.8 Å². The van der Waals surface area contributed by atoms with Crippen molar-refractivity contribution in [3.8, 4) is 0 Å². The zero-order valence-electron chi connectivity index (χ0n) is 14.0. The van der Waals surface area contributed by atoms with Gasteiger partial charge in [-0.05, 0) is 51.4 Å². The first kappa shape index (κ1) is 18.5. The minimum atomic E-state index is -0.318. The van der Waals surface area contributed by atoms with E-state index in [0.717, 1.165) is 39.1 Å². The van der Waals surface area contributed by atoms with Crippen LogP contribution in [0.15, 0.2) is 24.3 Å². The minimum absolute atomic E-state index is 0.318. The molecule has 0 saturated carbocycles. The Kier molecular flexibility index (Phi) is 7.91. The number of ether oxygens (including phenoxy) is 1. The van der Waals surface area contributed by atoms with Crippen LogP contribution >= 0.6 is 0 Å². The topological polar surface area (TPSA) is 67.6 Å². The highest BCUT2D eigenvalue weighted by molar-refractivity contribution is 5.48. The van der Waals surface area contributed by atoms with Gasteiger partial charge in [0.2, 0.25) is 0 Å². The van der Waals surface area contributed by atoms with Gasteiger partial charge < -0.3 is 20.7 Å². The Morgan fingerprint density at radius 1 is 1.23 bits per heavy atom. The van der Waals surface area contributed by atoms with Gasteiger partial charge in [0, 0.05) is 31.9 Å². The molecule has 1 aliphatic rings. The van der Waals surface area contributed by atoms with Crippen LogP contribution in [0.25, 0.3) is 0 Å². The fourth-order valence-electron chi connectivity index (χ4n) is 2.11. The maximum Gasteiger partial charge on any atom is 0.293 e. The van der Waals surface area contributed by atoms with E-state index < -0.39 is 0 Å². The molecule has 124 valence electrons. The van der Waals surface area contributed by atoms with Crippen molar-refractivity contribution in [1.82, 2.24) is 5.32 Å². The van der Waals surface area contributed by atoms with E-state index in [4.69, 9.17) is 5.73 Å². The molecule has 1 aliphatic heterocycles. The number of nitrogens with zero attached hydrogens (tertiary/aromatic N) is 1. The molecule has 0 radical (unpaired) electrons. The van der Waals surface area contributed by atoms with Gasteiger partial charge in [-0.15, -0.1) is 0 Å². The standard InChI is InChI=1S/C12H19N3.C5H10O2/c13-6-5-11-1-3-12(4-2-11)15-9-7-14-8-10-15;1-5(2,3)7-4-6/h1-4,14H,5-10,13H2;4H,1-3H3. The van der Waals surface area contributed by atoms with Gasteiger partial charge in [-0.1, -0.05) is 12.1 Å². The lowest BCUT2D eigenvalue weighted by atomic mass is 10.1. The number of piperazine rings is 1. The largest absolute Gasteiger partial charge is 0.462 e. The molecular weight excluding hydrogens is 278 g/mol. The monoisotopic (exact) mass is 307 g/mol. The average Bonchev–Trinajstić information content (AvgIpc) is 2.49. The van der Waals surface area contributed by atoms with Gasteiger partial charge >= 0.3 is 0 Å². The number of nitrogens with two attached hydrogens (primary N) is 1. The molecule has 0 bridgehead atoms. The second-order valence-electron chi connectivity index (χ2n) is 6.27. The summed E-state index contributed by atoms with van der Waals surface area (Å²) < 4.78 is 4.55. The molecule has 1 aromatic carbocycles. The minimum Gasteiger partial charge on any atom is -0.462 e. The van der Waals surface area contributed by atoms with Crippen molar-refractivity contribution < 1.29 is 9.53 Å². The summed E-state index contributed by atoms with van der Waals surface area (Å²) in [4.78, 5) is 12.0. The van der Waals surface area contributed by atoms with Crippen molar-refractivity contribution in [3.63, 3.8) is 0 Å². The van der Waals surface area contributed by atoms with Crippen LogP contribution in [0.4, 0.5) is 5.69 Å². The van der Waals surface area contributed by atoms with E-state index in [-0.39, 0.29) is 5.60 Å². The lowest BCUT2D eigenvalue weighted by molar-refractivity contribution is -0.138. The number of nitrogens with one attached hydrogen (secondary N) is 1. The van der Waals surface area contributed by atoms with E-state index in [0.29, 0.717) is 6.47 Å². The molecule has 1 saturated heterocycles. The van der Waals surface area contributed by atoms with E-state index >= 15 is 0 Å². The second kappa shape index (κ2) is 9.43. The van der Waals surface area contributed by atoms with Gasteiger partial charge in [0.1, 0.15) is 5.60 Å². The lowest BCUT2D eigenvalue weighted by Crippen LogP contribution is -2.43. The predicted molar refractivity (Wildman–Crippen MR) is 91.2 cm³/mol. The zero-order valence-corrected chi connectivity index (χ0v) is 14.0. The number of hydrogen-bond acceptors (Lipinski definition) is 5. The van der Waals surface area contributed by atoms with Crippen molar-refractivity contribution in [3.05, 3.63) is 29.8 Å². The van der Waals surface area contributed by atoms with E-state index in [2.05, 4.69) is 39.2 Å². The first-order valence-corrected chi connectivity index (χ1v) is 7.82. The zero-order chi connectivity index (χ0) is 16.4. The van der Waals surface area contributed by atoms with Gasteiger partial charge in [0.15, 0.2) is 0 Å². The summed E-state index contributed by atoms with van der Waals surface area (Å²) >= 11 is 0. The molecule has 1 fully saturated rings. The van der Waals surface area contributed by atoms with Crippen molar-refractivity contribution >= 4 is 12.2 Å². The van der Waals surface area contributed by atoms with E-state index in [1.54, 1.807) is 0 Å². The molecule has 22 heavy (non-hydrogen) atoms. The molecule has 0 spiro atoms. The molecule has 0 aliphatic carbocycles. The number of benzene rings is 1. The third-order valence-electron chi connectivity index (χ3n) is 3.25. The number of hydrogen-bond donors (Lipinski definition) is 2. The molecule has 0 amide bonds. The third-order valence-corrected chi connectivity index (χ3v) is 3.25. The highest BCUT2D eigenvalue weighted by Crippen LogP contribution is 2.15. The molecule has 5 heteroatoms. The summed E-state index contributed by atoms with van der Waals surface area (Å²) in [6.07, 6.45) is 0.974. The molecule has 2 rings (SSSR count). The van der Waals surface area contributed by atoms with Gasteiger partial charge in [0.05, 0.1) is 0 Å². The van der Waals surface area contributed by atoms with Crippen LogP contribution in [0.3, 0.4) is 0 Å². The molecule has 0 aromatic heterocycles. The van der Waals surface area contributed by atoms with Crippen LogP contribution in [-0.4, -0.2) is 44.8 Å². The van der Waals surface area contributed by atoms with Crippen molar-refractivity contribution in [2.45, 2.75) is 32.8 Å². The summed E-state index contributed by atoms with van der Waals surface area (Å²) in [5.74, 6) is 0. The van der Waals surface area contributed by atoms with Crippen LogP contribution in [0.1, 0.15) is 26.3 Å². The molecular formula is C17H29N3O2. The Labute approximate surface area is 133 Å². The van der Waals surface area contributed by atoms with Crippen LogP contribution in [0.5, 0.6) is 0 Å². The van der Waals surface area contributed by atoms with Crippen LogP contribution < -0.4 is 16.0 Å². The fourth-order valence-corrected chi connectivity index (χ4v) is 2.11. The van der Waals surface area contributed by atoms with Gasteiger partial charge in [-0.2, -0.15) is 0 Å². The van der Waals surface area contributed by atoms with Crippen LogP contribution in [0, 0.1) is 0 Å².